The number of aryl methyl sites for hydroxylation is 2. The second-order valence-corrected chi connectivity index (χ2v) is 8.91. The van der Waals surface area contributed by atoms with Gasteiger partial charge >= 0.3 is 0 Å². The molecule has 2 aliphatic heterocycles. The van der Waals surface area contributed by atoms with Gasteiger partial charge in [-0.25, -0.2) is 0 Å². The Morgan fingerprint density at radius 3 is 2.66 bits per heavy atom. The number of carbonyl (C=O) groups excluding carboxylic acids is 1. The number of allylic oxidation sites excluding steroid dienone is 1. The lowest BCUT2D eigenvalue weighted by Crippen LogP contribution is -2.47. The highest BCUT2D eigenvalue weighted by Crippen LogP contribution is 2.44. The second kappa shape index (κ2) is 9.17. The van der Waals surface area contributed by atoms with Crippen LogP contribution in [0.25, 0.3) is 0 Å². The number of thioether (sulfide) groups is 1. The quantitative estimate of drug-likeness (QED) is 0.645. The first-order valence-electron chi connectivity index (χ1n) is 10.7. The van der Waals surface area contributed by atoms with Gasteiger partial charge in [0.05, 0.1) is 42.9 Å². The number of hydrogen-bond acceptors (Lipinski definition) is 6. The number of fused-ring (bicyclic) bond motifs is 1. The normalized spacial score (nSPS) is 18.3. The molecule has 7 heteroatoms. The van der Waals surface area contributed by atoms with Crippen LogP contribution in [-0.4, -0.2) is 37.1 Å². The van der Waals surface area contributed by atoms with Gasteiger partial charge in [0.2, 0.25) is 5.91 Å². The molecule has 2 aromatic carbocycles. The van der Waals surface area contributed by atoms with Crippen LogP contribution in [0, 0.1) is 25.2 Å². The summed E-state index contributed by atoms with van der Waals surface area (Å²) >= 11 is 1.55. The predicted octanol–water partition coefficient (Wildman–Crippen LogP) is 4.93. The van der Waals surface area contributed by atoms with Gasteiger partial charge in [-0.1, -0.05) is 23.9 Å². The Labute approximate surface area is 193 Å². The van der Waals surface area contributed by atoms with E-state index in [-0.39, 0.29) is 18.2 Å². The number of amides is 1. The monoisotopic (exact) mass is 449 g/mol. The van der Waals surface area contributed by atoms with Crippen molar-refractivity contribution in [2.24, 2.45) is 0 Å². The Morgan fingerprint density at radius 1 is 1.16 bits per heavy atom. The fraction of sp³-hybridized carbons (Fsp3) is 0.360. The molecule has 0 aromatic heterocycles. The molecule has 1 amide bonds. The molecule has 32 heavy (non-hydrogen) atoms. The molecule has 2 aliphatic rings. The van der Waals surface area contributed by atoms with Crippen LogP contribution in [0.1, 0.15) is 36.0 Å². The second-order valence-electron chi connectivity index (χ2n) is 7.98. The number of anilines is 1. The van der Waals surface area contributed by atoms with Crippen molar-refractivity contribution < 1.29 is 14.3 Å². The van der Waals surface area contributed by atoms with Crippen LogP contribution in [-0.2, 0) is 4.79 Å². The van der Waals surface area contributed by atoms with Gasteiger partial charge in [-0.2, -0.15) is 5.26 Å². The third-order valence-corrected chi connectivity index (χ3v) is 7.19. The molecule has 0 aliphatic carbocycles. The Kier molecular flexibility index (Phi) is 6.33. The van der Waals surface area contributed by atoms with Crippen LogP contribution < -0.4 is 14.4 Å². The summed E-state index contributed by atoms with van der Waals surface area (Å²) in [6, 6.07) is 14.4. The number of ether oxygens (including phenoxy) is 2. The average Bonchev–Trinajstić information content (AvgIpc) is 2.81. The number of nitriles is 1. The van der Waals surface area contributed by atoms with E-state index in [1.807, 2.05) is 25.1 Å². The van der Waals surface area contributed by atoms with Crippen molar-refractivity contribution in [1.29, 1.82) is 5.26 Å². The topological polar surface area (TPSA) is 65.8 Å². The van der Waals surface area contributed by atoms with Crippen LogP contribution in [0.5, 0.6) is 11.5 Å². The highest BCUT2D eigenvalue weighted by molar-refractivity contribution is 8.03. The molecule has 1 saturated heterocycles. The first-order chi connectivity index (χ1) is 15.5. The van der Waals surface area contributed by atoms with Crippen LogP contribution >= 0.6 is 11.8 Å². The van der Waals surface area contributed by atoms with Crippen LogP contribution in [0.3, 0.4) is 0 Å². The largest absolute Gasteiger partial charge is 0.493 e. The Hall–Kier alpha value is -3.11. The third-order valence-electron chi connectivity index (χ3n) is 6.04. The molecular formula is C25H27N3O3S. The Balaban J connectivity index is 1.65. The molecule has 6 nitrogen and oxygen atoms in total. The summed E-state index contributed by atoms with van der Waals surface area (Å²) in [6.45, 7) is 7.09. The highest BCUT2D eigenvalue weighted by atomic mass is 32.2. The standard InChI is InChI=1S/C25H27N3O3S/c1-5-31-22-9-7-18(11-23(22)30-4)20-12-24(29)28-14-27(15-32-25(28)21(20)13-26)19-8-6-16(2)17(3)10-19/h6-11,20H,5,12,14-15H2,1-4H3/t20-/m0/s1. The van der Waals surface area contributed by atoms with Gasteiger partial charge in [-0.15, -0.1) is 0 Å². The third kappa shape index (κ3) is 4.03. The molecular weight excluding hydrogens is 422 g/mol. The van der Waals surface area contributed by atoms with Crippen molar-refractivity contribution in [3.05, 3.63) is 63.7 Å². The summed E-state index contributed by atoms with van der Waals surface area (Å²) in [7, 11) is 1.59. The summed E-state index contributed by atoms with van der Waals surface area (Å²) < 4.78 is 11.1. The lowest BCUT2D eigenvalue weighted by Gasteiger charge is -2.42. The van der Waals surface area contributed by atoms with Gasteiger partial charge in [0, 0.05) is 18.0 Å². The zero-order valence-electron chi connectivity index (χ0n) is 18.8. The van der Waals surface area contributed by atoms with Crippen LogP contribution in [0.15, 0.2) is 47.0 Å². The molecule has 2 aromatic rings. The van der Waals surface area contributed by atoms with E-state index >= 15 is 0 Å². The number of nitrogens with zero attached hydrogens (tertiary/aromatic N) is 3. The molecule has 0 saturated carbocycles. The molecule has 4 rings (SSSR count). The molecule has 1 atom stereocenters. The van der Waals surface area contributed by atoms with Crippen molar-refractivity contribution in [3.8, 4) is 17.6 Å². The van der Waals surface area contributed by atoms with E-state index in [4.69, 9.17) is 9.47 Å². The summed E-state index contributed by atoms with van der Waals surface area (Å²) in [6.07, 6.45) is 0.255. The first kappa shape index (κ1) is 22.1. The maximum Gasteiger partial charge on any atom is 0.229 e. The van der Waals surface area contributed by atoms with E-state index in [1.54, 1.807) is 23.8 Å². The lowest BCUT2D eigenvalue weighted by molar-refractivity contribution is -0.129. The van der Waals surface area contributed by atoms with Crippen molar-refractivity contribution in [1.82, 2.24) is 4.90 Å². The number of carbonyl (C=O) groups is 1. The predicted molar refractivity (Wildman–Crippen MR) is 127 cm³/mol. The van der Waals surface area contributed by atoms with Gasteiger partial charge in [-0.05, 0) is 61.7 Å². The van der Waals surface area contributed by atoms with Gasteiger partial charge in [0.1, 0.15) is 0 Å². The van der Waals surface area contributed by atoms with E-state index in [1.165, 1.54) is 11.1 Å². The Bertz CT molecular complexity index is 1120. The van der Waals surface area contributed by atoms with E-state index in [0.29, 0.717) is 36.2 Å². The maximum atomic E-state index is 13.2. The minimum absolute atomic E-state index is 0.0258. The minimum Gasteiger partial charge on any atom is -0.493 e. The number of rotatable bonds is 5. The minimum atomic E-state index is -0.288. The zero-order valence-corrected chi connectivity index (χ0v) is 19.7. The lowest BCUT2D eigenvalue weighted by atomic mass is 9.86. The number of methoxy groups -OCH3 is 1. The maximum absolute atomic E-state index is 13.2. The molecule has 0 unspecified atom stereocenters. The molecule has 0 bridgehead atoms. The zero-order chi connectivity index (χ0) is 22.8. The van der Waals surface area contributed by atoms with Crippen molar-refractivity contribution in [2.75, 3.05) is 31.2 Å². The molecule has 0 radical (unpaired) electrons. The molecule has 2 heterocycles. The van der Waals surface area contributed by atoms with Gasteiger partial charge in [0.25, 0.3) is 0 Å². The first-order valence-corrected chi connectivity index (χ1v) is 11.7. The molecule has 0 spiro atoms. The van der Waals surface area contributed by atoms with Crippen molar-refractivity contribution >= 4 is 23.4 Å². The summed E-state index contributed by atoms with van der Waals surface area (Å²) in [5, 5.41) is 10.8. The molecule has 0 N–H and O–H groups in total. The summed E-state index contributed by atoms with van der Waals surface area (Å²) in [4.78, 5) is 17.1. The molecule has 1 fully saturated rings. The fourth-order valence-electron chi connectivity index (χ4n) is 4.11. The van der Waals surface area contributed by atoms with E-state index in [9.17, 15) is 10.1 Å². The van der Waals surface area contributed by atoms with Gasteiger partial charge in [-0.3, -0.25) is 9.69 Å². The smallest absolute Gasteiger partial charge is 0.229 e. The number of hydrogen-bond donors (Lipinski definition) is 0. The Morgan fingerprint density at radius 2 is 1.97 bits per heavy atom. The number of benzene rings is 2. The van der Waals surface area contributed by atoms with Crippen molar-refractivity contribution in [3.63, 3.8) is 0 Å². The summed E-state index contributed by atoms with van der Waals surface area (Å²) in [5.41, 5.74) is 5.08. The van der Waals surface area contributed by atoms with E-state index in [0.717, 1.165) is 16.3 Å². The fourth-order valence-corrected chi connectivity index (χ4v) is 5.28. The molecule has 166 valence electrons. The van der Waals surface area contributed by atoms with Gasteiger partial charge < -0.3 is 14.4 Å². The van der Waals surface area contributed by atoms with E-state index in [2.05, 4.69) is 43.0 Å². The van der Waals surface area contributed by atoms with E-state index < -0.39 is 0 Å². The highest BCUT2D eigenvalue weighted by Gasteiger charge is 2.38. The van der Waals surface area contributed by atoms with Gasteiger partial charge in [0.15, 0.2) is 11.5 Å². The van der Waals surface area contributed by atoms with Crippen LogP contribution in [0.4, 0.5) is 5.69 Å². The average molecular weight is 450 g/mol. The van der Waals surface area contributed by atoms with Crippen molar-refractivity contribution in [2.45, 2.75) is 33.1 Å². The van der Waals surface area contributed by atoms with Crippen LogP contribution in [0.2, 0.25) is 0 Å². The SMILES string of the molecule is CCOc1ccc([C@@H]2CC(=O)N3CN(c4ccc(C)c(C)c4)CSC3=C2C#N)cc1OC. The summed E-state index contributed by atoms with van der Waals surface area (Å²) in [5.74, 6) is 1.69.